The molecule has 0 bridgehead atoms. The van der Waals surface area contributed by atoms with Crippen LogP contribution in [0, 0.1) is 5.92 Å². The molecule has 39 heavy (non-hydrogen) atoms. The minimum absolute atomic E-state index is 0.0134. The number of ether oxygens (including phenoxy) is 6. The van der Waals surface area contributed by atoms with E-state index >= 15 is 0 Å². The van der Waals surface area contributed by atoms with Crippen LogP contribution in [-0.2, 0) is 33.2 Å². The van der Waals surface area contributed by atoms with E-state index in [0.29, 0.717) is 30.8 Å². The molecular weight excluding hydrogens is 510 g/mol. The third kappa shape index (κ3) is 12.7. The average Bonchev–Trinajstić information content (AvgIpc) is 2.76. The molecule has 0 aromatic rings. The molecule has 0 saturated carbocycles. The Kier molecular flexibility index (Phi) is 13.2. The van der Waals surface area contributed by atoms with Crippen LogP contribution in [0.25, 0.3) is 0 Å². The van der Waals surface area contributed by atoms with Gasteiger partial charge in [0.1, 0.15) is 42.2 Å². The van der Waals surface area contributed by atoms with E-state index in [1.54, 1.807) is 48.5 Å². The van der Waals surface area contributed by atoms with Crippen LogP contribution >= 0.6 is 0 Å². The predicted octanol–water partition coefficient (Wildman–Crippen LogP) is 5.78. The zero-order valence-electron chi connectivity index (χ0n) is 24.9. The maximum atomic E-state index is 13.5. The maximum Gasteiger partial charge on any atom is 0.508 e. The van der Waals surface area contributed by atoms with Gasteiger partial charge in [0.05, 0.1) is 0 Å². The molecule has 0 aromatic carbocycles. The van der Waals surface area contributed by atoms with Crippen LogP contribution in [0.2, 0.25) is 0 Å². The molecule has 1 fully saturated rings. The number of imide groups is 1. The van der Waals surface area contributed by atoms with Gasteiger partial charge in [-0.05, 0) is 73.6 Å². The van der Waals surface area contributed by atoms with E-state index in [2.05, 4.69) is 6.58 Å². The summed E-state index contributed by atoms with van der Waals surface area (Å²) in [5.74, 6) is -0.675. The first-order valence-corrected chi connectivity index (χ1v) is 13.5. The molecule has 1 aliphatic rings. The molecule has 0 radical (unpaired) electrons. The number of esters is 1. The van der Waals surface area contributed by atoms with Gasteiger partial charge in [0, 0.05) is 6.61 Å². The van der Waals surface area contributed by atoms with Crippen LogP contribution in [-0.4, -0.2) is 78.0 Å². The second kappa shape index (κ2) is 15.1. The Balaban J connectivity index is 3.32. The van der Waals surface area contributed by atoms with Gasteiger partial charge in [-0.2, -0.15) is 4.90 Å². The van der Waals surface area contributed by atoms with Gasteiger partial charge in [0.2, 0.25) is 0 Å². The van der Waals surface area contributed by atoms with Gasteiger partial charge in [0.15, 0.2) is 0 Å². The van der Waals surface area contributed by atoms with E-state index in [1.165, 1.54) is 6.08 Å². The van der Waals surface area contributed by atoms with Crippen molar-refractivity contribution in [1.29, 1.82) is 0 Å². The SMILES string of the molecule is C=CCOC(=O)O[C@H]1CCCC[C@H](N(C(=O)OC(C)(C)C)C(=O)OC(C)(C)C)C(=O)O[C@@H](C)[C@@H]1OCC(C)C. The van der Waals surface area contributed by atoms with Crippen LogP contribution in [0.3, 0.4) is 0 Å². The van der Waals surface area contributed by atoms with Crippen molar-refractivity contribution in [2.24, 2.45) is 5.92 Å². The zero-order chi connectivity index (χ0) is 30.0. The molecule has 224 valence electrons. The molecule has 2 amide bonds. The Morgan fingerprint density at radius 3 is 2.05 bits per heavy atom. The first-order valence-electron chi connectivity index (χ1n) is 13.5. The highest BCUT2D eigenvalue weighted by Gasteiger charge is 2.43. The Bertz CT molecular complexity index is 814. The number of hydrogen-bond acceptors (Lipinski definition) is 10. The largest absolute Gasteiger partial charge is 0.508 e. The molecule has 11 heteroatoms. The minimum atomic E-state index is -1.29. The van der Waals surface area contributed by atoms with Crippen molar-refractivity contribution in [3.63, 3.8) is 0 Å². The molecular formula is C28H47NO10. The summed E-state index contributed by atoms with van der Waals surface area (Å²) in [4.78, 5) is 52.7. The van der Waals surface area contributed by atoms with Crippen molar-refractivity contribution in [2.45, 2.75) is 124 Å². The summed E-state index contributed by atoms with van der Waals surface area (Å²) in [6.45, 7) is 19.3. The Morgan fingerprint density at radius 2 is 1.56 bits per heavy atom. The third-order valence-electron chi connectivity index (χ3n) is 5.30. The summed E-state index contributed by atoms with van der Waals surface area (Å²) in [6, 6.07) is -1.29. The summed E-state index contributed by atoms with van der Waals surface area (Å²) < 4.78 is 33.2. The first-order chi connectivity index (χ1) is 17.9. The average molecular weight is 558 g/mol. The smallest absolute Gasteiger partial charge is 0.458 e. The summed E-state index contributed by atoms with van der Waals surface area (Å²) in [6.07, 6.45) is -2.59. The fraction of sp³-hybridized carbons (Fsp3) is 0.786. The van der Waals surface area contributed by atoms with E-state index in [1.807, 2.05) is 13.8 Å². The predicted molar refractivity (Wildman–Crippen MR) is 143 cm³/mol. The summed E-state index contributed by atoms with van der Waals surface area (Å²) in [5, 5.41) is 0. The molecule has 1 aliphatic heterocycles. The Labute approximate surface area is 232 Å². The van der Waals surface area contributed by atoms with Gasteiger partial charge < -0.3 is 28.4 Å². The lowest BCUT2D eigenvalue weighted by molar-refractivity contribution is -0.172. The van der Waals surface area contributed by atoms with Crippen LogP contribution in [0.1, 0.15) is 88.0 Å². The molecule has 1 rings (SSSR count). The van der Waals surface area contributed by atoms with Gasteiger partial charge in [-0.25, -0.2) is 19.2 Å². The lowest BCUT2D eigenvalue weighted by atomic mass is 9.98. The Morgan fingerprint density at radius 1 is 1.03 bits per heavy atom. The van der Waals surface area contributed by atoms with Crippen molar-refractivity contribution in [1.82, 2.24) is 4.90 Å². The zero-order valence-corrected chi connectivity index (χ0v) is 24.9. The molecule has 1 heterocycles. The van der Waals surface area contributed by atoms with E-state index < -0.39 is 59.9 Å². The number of carbonyl (C=O) groups is 4. The van der Waals surface area contributed by atoms with Crippen molar-refractivity contribution >= 4 is 24.3 Å². The van der Waals surface area contributed by atoms with Crippen LogP contribution in [0.15, 0.2) is 12.7 Å². The third-order valence-corrected chi connectivity index (χ3v) is 5.30. The van der Waals surface area contributed by atoms with Crippen molar-refractivity contribution in [3.05, 3.63) is 12.7 Å². The van der Waals surface area contributed by atoms with Gasteiger partial charge in [-0.1, -0.05) is 32.9 Å². The highest BCUT2D eigenvalue weighted by atomic mass is 16.7. The maximum absolute atomic E-state index is 13.5. The van der Waals surface area contributed by atoms with Gasteiger partial charge in [0.25, 0.3) is 0 Å². The monoisotopic (exact) mass is 557 g/mol. The quantitative estimate of drug-likeness (QED) is 0.216. The topological polar surface area (TPSA) is 127 Å². The van der Waals surface area contributed by atoms with E-state index in [0.717, 1.165) is 0 Å². The molecule has 11 nitrogen and oxygen atoms in total. The van der Waals surface area contributed by atoms with Gasteiger partial charge >= 0.3 is 24.3 Å². The molecule has 0 spiro atoms. The van der Waals surface area contributed by atoms with Crippen molar-refractivity contribution in [2.75, 3.05) is 13.2 Å². The number of rotatable bonds is 7. The lowest BCUT2D eigenvalue weighted by Crippen LogP contribution is -2.54. The van der Waals surface area contributed by atoms with Crippen LogP contribution in [0.4, 0.5) is 14.4 Å². The fourth-order valence-electron chi connectivity index (χ4n) is 3.74. The second-order valence-corrected chi connectivity index (χ2v) is 12.0. The normalized spacial score (nSPS) is 22.8. The molecule has 0 unspecified atom stereocenters. The van der Waals surface area contributed by atoms with Crippen molar-refractivity contribution in [3.8, 4) is 0 Å². The molecule has 0 N–H and O–H groups in total. The fourth-order valence-corrected chi connectivity index (χ4v) is 3.74. The number of nitrogens with zero attached hydrogens (tertiary/aromatic N) is 1. The number of amides is 2. The lowest BCUT2D eigenvalue weighted by Gasteiger charge is -2.36. The van der Waals surface area contributed by atoms with E-state index in [4.69, 9.17) is 28.4 Å². The van der Waals surface area contributed by atoms with Gasteiger partial charge in [-0.3, -0.25) is 0 Å². The molecule has 4 atom stereocenters. The van der Waals surface area contributed by atoms with Gasteiger partial charge in [-0.15, -0.1) is 0 Å². The van der Waals surface area contributed by atoms with Crippen LogP contribution in [0.5, 0.6) is 0 Å². The molecule has 1 saturated heterocycles. The Hall–Kier alpha value is -2.82. The molecule has 0 aliphatic carbocycles. The summed E-state index contributed by atoms with van der Waals surface area (Å²) in [7, 11) is 0. The highest BCUT2D eigenvalue weighted by molar-refractivity contribution is 5.94. The number of cyclic esters (lactones) is 1. The standard InChI is InChI=1S/C28H47NO10/c1-11-16-34-26(33)37-21-15-13-12-14-20(23(30)36-19(4)22(21)35-17-18(2)3)29(24(31)38-27(5,6)7)25(32)39-28(8,9)10/h11,18-22H,1,12-17H2,2-10H3/t19-,20-,21-,22-/m0/s1. The first kappa shape index (κ1) is 34.2. The second-order valence-electron chi connectivity index (χ2n) is 12.0. The van der Waals surface area contributed by atoms with E-state index in [9.17, 15) is 19.2 Å². The highest BCUT2D eigenvalue weighted by Crippen LogP contribution is 2.26. The number of carbonyl (C=O) groups excluding carboxylic acids is 4. The minimum Gasteiger partial charge on any atom is -0.458 e. The number of hydrogen-bond donors (Lipinski definition) is 0. The molecule has 0 aromatic heterocycles. The van der Waals surface area contributed by atoms with Crippen LogP contribution < -0.4 is 0 Å². The summed E-state index contributed by atoms with van der Waals surface area (Å²) in [5.41, 5.74) is -1.85. The van der Waals surface area contributed by atoms with Crippen molar-refractivity contribution < 1.29 is 47.6 Å². The summed E-state index contributed by atoms with van der Waals surface area (Å²) >= 11 is 0. The van der Waals surface area contributed by atoms with E-state index in [-0.39, 0.29) is 18.9 Å².